The second kappa shape index (κ2) is 5.10. The van der Waals surface area contributed by atoms with Crippen molar-refractivity contribution in [3.8, 4) is 0 Å². The van der Waals surface area contributed by atoms with Gasteiger partial charge in [-0.2, -0.15) is 9.61 Å². The van der Waals surface area contributed by atoms with Gasteiger partial charge in [-0.25, -0.2) is 4.98 Å². The number of fused-ring (bicyclic) bond motifs is 1. The Morgan fingerprint density at radius 2 is 2.00 bits per heavy atom. The first-order valence-corrected chi connectivity index (χ1v) is 6.41. The molecule has 0 unspecified atom stereocenters. The number of aryl methyl sites for hydroxylation is 1. The van der Waals surface area contributed by atoms with Crippen LogP contribution in [0.15, 0.2) is 48.8 Å². The predicted octanol–water partition coefficient (Wildman–Crippen LogP) is 2.69. The van der Waals surface area contributed by atoms with Crippen molar-refractivity contribution in [1.29, 1.82) is 0 Å². The van der Waals surface area contributed by atoms with Gasteiger partial charge in [0, 0.05) is 6.54 Å². The molecule has 3 aromatic rings. The number of aromatic nitrogens is 3. The van der Waals surface area contributed by atoms with Crippen molar-refractivity contribution in [2.45, 2.75) is 13.3 Å². The van der Waals surface area contributed by atoms with Gasteiger partial charge in [0.1, 0.15) is 12.1 Å². The first kappa shape index (κ1) is 11.7. The Kier molecular flexibility index (Phi) is 3.14. The Hall–Kier alpha value is -2.36. The van der Waals surface area contributed by atoms with E-state index in [9.17, 15) is 0 Å². The van der Waals surface area contributed by atoms with Crippen LogP contribution in [0, 0.1) is 6.92 Å². The molecule has 4 nitrogen and oxygen atoms in total. The molecule has 3 rings (SSSR count). The zero-order valence-electron chi connectivity index (χ0n) is 10.9. The lowest BCUT2D eigenvalue weighted by Crippen LogP contribution is -2.09. The van der Waals surface area contributed by atoms with Gasteiger partial charge in [0.2, 0.25) is 0 Å². The maximum atomic E-state index is 4.23. The molecule has 0 amide bonds. The highest BCUT2D eigenvalue weighted by Crippen LogP contribution is 2.13. The summed E-state index contributed by atoms with van der Waals surface area (Å²) in [6.07, 6.45) is 2.57. The molecule has 4 heteroatoms. The second-order valence-corrected chi connectivity index (χ2v) is 4.61. The molecule has 0 spiro atoms. The zero-order chi connectivity index (χ0) is 13.1. The van der Waals surface area contributed by atoms with Crippen molar-refractivity contribution in [3.05, 3.63) is 59.9 Å². The molecule has 2 aromatic heterocycles. The van der Waals surface area contributed by atoms with E-state index >= 15 is 0 Å². The molecule has 0 aliphatic heterocycles. The lowest BCUT2D eigenvalue weighted by atomic mass is 10.1. The minimum absolute atomic E-state index is 0.877. The van der Waals surface area contributed by atoms with Crippen molar-refractivity contribution in [1.82, 2.24) is 14.6 Å². The van der Waals surface area contributed by atoms with E-state index in [1.165, 1.54) is 11.1 Å². The van der Waals surface area contributed by atoms with E-state index in [0.29, 0.717) is 0 Å². The predicted molar refractivity (Wildman–Crippen MR) is 76.4 cm³/mol. The summed E-state index contributed by atoms with van der Waals surface area (Å²) in [5.41, 5.74) is 3.39. The highest BCUT2D eigenvalue weighted by atomic mass is 15.3. The van der Waals surface area contributed by atoms with Gasteiger partial charge in [-0.05, 0) is 36.6 Å². The number of hydrogen-bond donors (Lipinski definition) is 1. The number of hydrogen-bond acceptors (Lipinski definition) is 3. The first-order chi connectivity index (χ1) is 9.33. The summed E-state index contributed by atoms with van der Waals surface area (Å²) in [6, 6.07) is 14.6. The number of anilines is 1. The lowest BCUT2D eigenvalue weighted by Gasteiger charge is -2.09. The normalized spacial score (nSPS) is 10.8. The highest BCUT2D eigenvalue weighted by Gasteiger charge is 2.03. The second-order valence-electron chi connectivity index (χ2n) is 4.61. The molecule has 0 aliphatic rings. The Morgan fingerprint density at radius 3 is 2.84 bits per heavy atom. The van der Waals surface area contributed by atoms with Crippen LogP contribution >= 0.6 is 0 Å². The Balaban J connectivity index is 1.73. The molecule has 96 valence electrons. The molecule has 19 heavy (non-hydrogen) atoms. The third-order valence-electron chi connectivity index (χ3n) is 3.09. The topological polar surface area (TPSA) is 42.2 Å². The van der Waals surface area contributed by atoms with Crippen molar-refractivity contribution in [2.75, 3.05) is 11.9 Å². The van der Waals surface area contributed by atoms with E-state index in [0.717, 1.165) is 24.4 Å². The van der Waals surface area contributed by atoms with Crippen LogP contribution in [0.1, 0.15) is 11.1 Å². The summed E-state index contributed by atoms with van der Waals surface area (Å²) in [5, 5.41) is 7.65. The molecule has 2 heterocycles. The van der Waals surface area contributed by atoms with Crippen LogP contribution < -0.4 is 5.32 Å². The molecule has 0 saturated heterocycles. The van der Waals surface area contributed by atoms with Crippen molar-refractivity contribution < 1.29 is 0 Å². The zero-order valence-corrected chi connectivity index (χ0v) is 10.9. The van der Waals surface area contributed by atoms with Gasteiger partial charge >= 0.3 is 0 Å². The van der Waals surface area contributed by atoms with Gasteiger partial charge in [0.05, 0.1) is 0 Å². The van der Waals surface area contributed by atoms with Gasteiger partial charge < -0.3 is 5.32 Å². The van der Waals surface area contributed by atoms with E-state index in [-0.39, 0.29) is 0 Å². The summed E-state index contributed by atoms with van der Waals surface area (Å²) in [4.78, 5) is 4.22. The fourth-order valence-electron chi connectivity index (χ4n) is 2.16. The number of nitrogens with one attached hydrogen (secondary N) is 1. The average Bonchev–Trinajstić information content (AvgIpc) is 2.88. The van der Waals surface area contributed by atoms with Crippen LogP contribution in [0.2, 0.25) is 0 Å². The number of benzene rings is 1. The first-order valence-electron chi connectivity index (χ1n) is 6.41. The van der Waals surface area contributed by atoms with Crippen molar-refractivity contribution in [3.63, 3.8) is 0 Å². The molecular weight excluding hydrogens is 236 g/mol. The Labute approximate surface area is 112 Å². The van der Waals surface area contributed by atoms with Crippen molar-refractivity contribution in [2.24, 2.45) is 0 Å². The maximum Gasteiger partial charge on any atom is 0.157 e. The molecule has 0 bridgehead atoms. The van der Waals surface area contributed by atoms with E-state index in [4.69, 9.17) is 0 Å². The minimum atomic E-state index is 0.877. The summed E-state index contributed by atoms with van der Waals surface area (Å²) in [6.45, 7) is 2.94. The van der Waals surface area contributed by atoms with Gasteiger partial charge in [-0.15, -0.1) is 0 Å². The third-order valence-corrected chi connectivity index (χ3v) is 3.09. The van der Waals surface area contributed by atoms with Crippen LogP contribution in [-0.2, 0) is 6.42 Å². The Bertz CT molecular complexity index is 673. The van der Waals surface area contributed by atoms with Crippen LogP contribution in [-0.4, -0.2) is 21.1 Å². The SMILES string of the molecule is Cc1cc(NCCc2ccccc2)n2ncnc2c1. The Morgan fingerprint density at radius 1 is 1.16 bits per heavy atom. The van der Waals surface area contributed by atoms with Gasteiger partial charge in [0.15, 0.2) is 5.65 Å². The van der Waals surface area contributed by atoms with E-state index in [1.54, 1.807) is 6.33 Å². The molecule has 0 fully saturated rings. The number of pyridine rings is 1. The quantitative estimate of drug-likeness (QED) is 0.776. The van der Waals surface area contributed by atoms with Crippen molar-refractivity contribution >= 4 is 11.5 Å². The number of rotatable bonds is 4. The lowest BCUT2D eigenvalue weighted by molar-refractivity contribution is 0.926. The minimum Gasteiger partial charge on any atom is -0.370 e. The fraction of sp³-hybridized carbons (Fsp3) is 0.200. The van der Waals surface area contributed by atoms with Crippen LogP contribution in [0.4, 0.5) is 5.82 Å². The van der Waals surface area contributed by atoms with Crippen LogP contribution in [0.5, 0.6) is 0 Å². The maximum absolute atomic E-state index is 4.23. The van der Waals surface area contributed by atoms with Crippen LogP contribution in [0.3, 0.4) is 0 Å². The molecular formula is C15H16N4. The summed E-state index contributed by atoms with van der Waals surface area (Å²) >= 11 is 0. The molecule has 0 radical (unpaired) electrons. The van der Waals surface area contributed by atoms with E-state index < -0.39 is 0 Å². The van der Waals surface area contributed by atoms with Gasteiger partial charge in [-0.3, -0.25) is 0 Å². The molecule has 0 aliphatic carbocycles. The molecule has 1 N–H and O–H groups in total. The fourth-order valence-corrected chi connectivity index (χ4v) is 2.16. The van der Waals surface area contributed by atoms with Crippen LogP contribution in [0.25, 0.3) is 5.65 Å². The van der Waals surface area contributed by atoms with Gasteiger partial charge in [0.25, 0.3) is 0 Å². The average molecular weight is 252 g/mol. The third kappa shape index (κ3) is 2.57. The monoisotopic (exact) mass is 252 g/mol. The number of nitrogens with zero attached hydrogens (tertiary/aromatic N) is 3. The molecule has 1 aromatic carbocycles. The molecule has 0 saturated carbocycles. The standard InChI is InChI=1S/C15H16N4/c1-12-9-14(19-15(10-12)17-11-18-19)16-8-7-13-5-3-2-4-6-13/h2-6,9-11,16H,7-8H2,1H3. The van der Waals surface area contributed by atoms with E-state index in [1.807, 2.05) is 16.6 Å². The summed E-state index contributed by atoms with van der Waals surface area (Å²) in [7, 11) is 0. The highest BCUT2D eigenvalue weighted by molar-refractivity contribution is 5.51. The summed E-state index contributed by atoms with van der Waals surface area (Å²) < 4.78 is 1.83. The smallest absolute Gasteiger partial charge is 0.157 e. The largest absolute Gasteiger partial charge is 0.370 e. The van der Waals surface area contributed by atoms with Gasteiger partial charge in [-0.1, -0.05) is 30.3 Å². The van der Waals surface area contributed by atoms with E-state index in [2.05, 4.69) is 52.7 Å². The summed E-state index contributed by atoms with van der Waals surface area (Å²) in [5.74, 6) is 0.989. The molecule has 0 atom stereocenters.